The van der Waals surface area contributed by atoms with Gasteiger partial charge in [0, 0.05) is 49.9 Å². The van der Waals surface area contributed by atoms with Crippen molar-refractivity contribution < 1.29 is 19.4 Å². The third-order valence-corrected chi connectivity index (χ3v) is 7.46. The molecule has 0 saturated carbocycles. The van der Waals surface area contributed by atoms with Crippen LogP contribution in [0, 0.1) is 0 Å². The van der Waals surface area contributed by atoms with E-state index in [1.54, 1.807) is 6.07 Å². The van der Waals surface area contributed by atoms with Crippen molar-refractivity contribution in [3.05, 3.63) is 42.5 Å². The first-order valence-electron chi connectivity index (χ1n) is 14.2. The lowest BCUT2D eigenvalue weighted by atomic mass is 10.1. The van der Waals surface area contributed by atoms with E-state index in [9.17, 15) is 9.59 Å². The van der Waals surface area contributed by atoms with E-state index in [0.29, 0.717) is 41.7 Å². The number of thiazole rings is 1. The first-order valence-corrected chi connectivity index (χ1v) is 15.0. The molecular formula is C30H43N5O4S. The highest BCUT2D eigenvalue weighted by Crippen LogP contribution is 2.30. The number of hydrogen-bond acceptors (Lipinski definition) is 8. The number of nitrogens with zero attached hydrogens (tertiary/aromatic N) is 2. The summed E-state index contributed by atoms with van der Waals surface area (Å²) >= 11 is 1.41. The molecule has 3 aromatic rings. The summed E-state index contributed by atoms with van der Waals surface area (Å²) < 4.78 is 0.900. The number of nitrogens with one attached hydrogen (secondary N) is 3. The Kier molecular flexibility index (Phi) is 13.0. The summed E-state index contributed by atoms with van der Waals surface area (Å²) in [6.07, 6.45) is 6.08. The fraction of sp³-hybridized carbons (Fsp3) is 0.500. The quantitative estimate of drug-likeness (QED) is 0.0681. The van der Waals surface area contributed by atoms with E-state index in [4.69, 9.17) is 9.78 Å². The Hall–Kier alpha value is -3.37. The number of fused-ring (bicyclic) bond motifs is 1. The van der Waals surface area contributed by atoms with E-state index in [-0.39, 0.29) is 5.91 Å². The van der Waals surface area contributed by atoms with Gasteiger partial charge in [-0.1, -0.05) is 30.6 Å². The van der Waals surface area contributed by atoms with Crippen molar-refractivity contribution in [3.63, 3.8) is 0 Å². The van der Waals surface area contributed by atoms with Gasteiger partial charge in [0.25, 0.3) is 0 Å². The van der Waals surface area contributed by atoms with E-state index in [1.807, 2.05) is 36.4 Å². The lowest BCUT2D eigenvalue weighted by Crippen LogP contribution is -2.40. The predicted octanol–water partition coefficient (Wildman–Crippen LogP) is 6.22. The van der Waals surface area contributed by atoms with Gasteiger partial charge in [-0.3, -0.25) is 24.3 Å². The van der Waals surface area contributed by atoms with Crippen LogP contribution in [0.4, 0.5) is 10.8 Å². The summed E-state index contributed by atoms with van der Waals surface area (Å²) in [7, 11) is 0. The lowest BCUT2D eigenvalue weighted by molar-refractivity contribution is -0.116. The molecule has 9 nitrogen and oxygen atoms in total. The fourth-order valence-electron chi connectivity index (χ4n) is 4.46. The van der Waals surface area contributed by atoms with Crippen LogP contribution in [0.3, 0.4) is 0 Å². The van der Waals surface area contributed by atoms with Gasteiger partial charge in [0.1, 0.15) is 0 Å². The second-order valence-corrected chi connectivity index (χ2v) is 11.4. The SMILES string of the molecule is CC(C)N(CCNc1ccc(OOc2ccc3nc(NC(=O)CCCCCCCNC=O)sc3c2)cc1)C(C)C. The van der Waals surface area contributed by atoms with Crippen LogP contribution in [0.25, 0.3) is 10.2 Å². The maximum absolute atomic E-state index is 12.3. The minimum atomic E-state index is -0.0309. The number of amides is 2. The van der Waals surface area contributed by atoms with Crippen molar-refractivity contribution in [1.29, 1.82) is 0 Å². The lowest BCUT2D eigenvalue weighted by Gasteiger charge is -2.30. The Labute approximate surface area is 241 Å². The third-order valence-electron chi connectivity index (χ3n) is 6.53. The van der Waals surface area contributed by atoms with Crippen molar-refractivity contribution >= 4 is 44.7 Å². The summed E-state index contributed by atoms with van der Waals surface area (Å²) in [5.41, 5.74) is 1.82. The molecule has 0 fully saturated rings. The normalized spacial score (nSPS) is 11.3. The number of carbonyl (C=O) groups is 2. The van der Waals surface area contributed by atoms with Crippen LogP contribution in [-0.2, 0) is 9.59 Å². The number of aromatic nitrogens is 1. The molecule has 3 rings (SSSR count). The Morgan fingerprint density at radius 3 is 2.33 bits per heavy atom. The fourth-order valence-corrected chi connectivity index (χ4v) is 5.37. The van der Waals surface area contributed by atoms with Crippen LogP contribution in [0.1, 0.15) is 66.2 Å². The van der Waals surface area contributed by atoms with Crippen molar-refractivity contribution in [2.75, 3.05) is 30.3 Å². The number of hydrogen-bond donors (Lipinski definition) is 3. The highest BCUT2D eigenvalue weighted by molar-refractivity contribution is 7.22. The highest BCUT2D eigenvalue weighted by atomic mass is 32.1. The topological polar surface area (TPSA) is 105 Å². The maximum atomic E-state index is 12.3. The number of unbranched alkanes of at least 4 members (excludes halogenated alkanes) is 4. The van der Waals surface area contributed by atoms with Crippen LogP contribution in [-0.4, -0.2) is 53.9 Å². The van der Waals surface area contributed by atoms with Crippen LogP contribution in [0.15, 0.2) is 42.5 Å². The van der Waals surface area contributed by atoms with Gasteiger partial charge in [-0.05, 0) is 76.9 Å². The first kappa shape index (κ1) is 31.2. The van der Waals surface area contributed by atoms with Gasteiger partial charge in [-0.15, -0.1) is 0 Å². The molecule has 0 radical (unpaired) electrons. The zero-order chi connectivity index (χ0) is 28.7. The van der Waals surface area contributed by atoms with Crippen molar-refractivity contribution in [3.8, 4) is 11.5 Å². The predicted molar refractivity (Wildman–Crippen MR) is 163 cm³/mol. The Morgan fingerprint density at radius 1 is 0.925 bits per heavy atom. The molecule has 40 heavy (non-hydrogen) atoms. The average Bonchev–Trinajstić information content (AvgIpc) is 3.33. The van der Waals surface area contributed by atoms with Crippen molar-refractivity contribution in [2.45, 2.75) is 78.3 Å². The summed E-state index contributed by atoms with van der Waals surface area (Å²) in [5, 5.41) is 9.60. The van der Waals surface area contributed by atoms with Gasteiger partial charge in [-0.2, -0.15) is 0 Å². The standard InChI is InChI=1S/C30H43N5O4S/c1-22(2)35(23(3)4)19-18-32-24-11-13-25(14-12-24)38-39-26-15-16-27-28(20-26)40-30(33-27)34-29(37)10-8-6-5-7-9-17-31-21-36/h11-16,20-23,32H,5-10,17-19H2,1-4H3,(H,31,36)(H,33,34,37). The molecule has 0 spiro atoms. The van der Waals surface area contributed by atoms with Crippen LogP contribution < -0.4 is 25.7 Å². The van der Waals surface area contributed by atoms with Crippen molar-refractivity contribution in [1.82, 2.24) is 15.2 Å². The highest BCUT2D eigenvalue weighted by Gasteiger charge is 2.12. The molecule has 0 bridgehead atoms. The summed E-state index contributed by atoms with van der Waals surface area (Å²) in [5.74, 6) is 1.13. The summed E-state index contributed by atoms with van der Waals surface area (Å²) in [4.78, 5) is 40.6. The monoisotopic (exact) mass is 569 g/mol. The molecular weight excluding hydrogens is 526 g/mol. The van der Waals surface area contributed by atoms with E-state index in [1.165, 1.54) is 11.3 Å². The van der Waals surface area contributed by atoms with Gasteiger partial charge < -0.3 is 16.0 Å². The molecule has 3 N–H and O–H groups in total. The van der Waals surface area contributed by atoms with Crippen LogP contribution in [0.2, 0.25) is 0 Å². The third kappa shape index (κ3) is 10.7. The zero-order valence-corrected chi connectivity index (χ0v) is 24.9. The van der Waals surface area contributed by atoms with E-state index in [0.717, 1.165) is 67.5 Å². The molecule has 0 unspecified atom stereocenters. The molecule has 0 saturated heterocycles. The molecule has 0 aliphatic rings. The molecule has 218 valence electrons. The minimum absolute atomic E-state index is 0.0309. The number of rotatable bonds is 19. The molecule has 1 aromatic heterocycles. The summed E-state index contributed by atoms with van der Waals surface area (Å²) in [6.45, 7) is 11.4. The molecule has 10 heteroatoms. The summed E-state index contributed by atoms with van der Waals surface area (Å²) in [6, 6.07) is 14.2. The molecule has 2 amide bonds. The van der Waals surface area contributed by atoms with Gasteiger partial charge in [0.2, 0.25) is 12.3 Å². The first-order chi connectivity index (χ1) is 19.4. The van der Waals surface area contributed by atoms with Gasteiger partial charge in [0.15, 0.2) is 16.6 Å². The Bertz CT molecular complexity index is 1170. The van der Waals surface area contributed by atoms with Crippen LogP contribution in [0.5, 0.6) is 11.5 Å². The van der Waals surface area contributed by atoms with Gasteiger partial charge in [0.05, 0.1) is 10.2 Å². The van der Waals surface area contributed by atoms with E-state index < -0.39 is 0 Å². The maximum Gasteiger partial charge on any atom is 0.226 e. The molecule has 0 aliphatic carbocycles. The Morgan fingerprint density at radius 2 is 1.60 bits per heavy atom. The Balaban J connectivity index is 1.40. The second-order valence-electron chi connectivity index (χ2n) is 10.3. The number of benzene rings is 2. The second kappa shape index (κ2) is 16.7. The van der Waals surface area contributed by atoms with Crippen molar-refractivity contribution in [2.24, 2.45) is 0 Å². The molecule has 0 aliphatic heterocycles. The van der Waals surface area contributed by atoms with Gasteiger partial charge in [-0.25, -0.2) is 4.98 Å². The van der Waals surface area contributed by atoms with Crippen LogP contribution >= 0.6 is 11.3 Å². The zero-order valence-electron chi connectivity index (χ0n) is 24.1. The minimum Gasteiger partial charge on any atom is -0.384 e. The number of carbonyl (C=O) groups excluding carboxylic acids is 2. The molecule has 1 heterocycles. The smallest absolute Gasteiger partial charge is 0.226 e. The molecule has 2 aromatic carbocycles. The molecule has 0 atom stereocenters. The van der Waals surface area contributed by atoms with Gasteiger partial charge >= 0.3 is 0 Å². The number of anilines is 2. The van der Waals surface area contributed by atoms with E-state index in [2.05, 4.69) is 53.5 Å². The average molecular weight is 570 g/mol. The largest absolute Gasteiger partial charge is 0.384 e. The van der Waals surface area contributed by atoms with E-state index >= 15 is 0 Å².